The van der Waals surface area contributed by atoms with Crippen LogP contribution in [0, 0.1) is 0 Å². The number of fused-ring (bicyclic) bond motifs is 1. The van der Waals surface area contributed by atoms with Crippen molar-refractivity contribution in [2.45, 2.75) is 6.42 Å². The van der Waals surface area contributed by atoms with E-state index < -0.39 is 0 Å². The summed E-state index contributed by atoms with van der Waals surface area (Å²) in [6, 6.07) is 16.5. The summed E-state index contributed by atoms with van der Waals surface area (Å²) in [5.41, 5.74) is 3.48. The van der Waals surface area contributed by atoms with Crippen LogP contribution in [0.1, 0.15) is 5.69 Å². The summed E-state index contributed by atoms with van der Waals surface area (Å²) in [6.45, 7) is 0.854. The van der Waals surface area contributed by atoms with E-state index in [0.29, 0.717) is 0 Å². The molecule has 0 bridgehead atoms. The number of likely N-dealkylation sites (N-methyl/N-ethyl adjacent to an activating group) is 1. The molecule has 0 aliphatic rings. The smallest absolute Gasteiger partial charge is 0.141 e. The summed E-state index contributed by atoms with van der Waals surface area (Å²) in [7, 11) is 2.08. The Balaban J connectivity index is 1.68. The number of rotatable bonds is 5. The van der Waals surface area contributed by atoms with E-state index in [1.54, 1.807) is 17.7 Å². The highest BCUT2D eigenvalue weighted by Crippen LogP contribution is 2.37. The van der Waals surface area contributed by atoms with E-state index >= 15 is 0 Å². The molecule has 124 valence electrons. The van der Waals surface area contributed by atoms with Crippen LogP contribution in [0.4, 0.5) is 5.82 Å². The van der Waals surface area contributed by atoms with Gasteiger partial charge < -0.3 is 4.90 Å². The maximum atomic E-state index is 4.58. The molecule has 0 saturated heterocycles. The molecule has 0 aliphatic carbocycles. The van der Waals surface area contributed by atoms with Gasteiger partial charge in [-0.15, -0.1) is 11.3 Å². The number of benzene rings is 1. The summed E-state index contributed by atoms with van der Waals surface area (Å²) in [6.07, 6.45) is 4.37. The minimum Gasteiger partial charge on any atom is -0.359 e. The first-order valence-electron chi connectivity index (χ1n) is 8.21. The van der Waals surface area contributed by atoms with Crippen LogP contribution in [0.25, 0.3) is 21.3 Å². The van der Waals surface area contributed by atoms with Gasteiger partial charge in [0.1, 0.15) is 17.0 Å². The first-order valence-corrected chi connectivity index (χ1v) is 9.09. The number of hydrogen-bond acceptors (Lipinski definition) is 5. The number of anilines is 1. The van der Waals surface area contributed by atoms with E-state index in [2.05, 4.69) is 62.6 Å². The molecule has 4 nitrogen and oxygen atoms in total. The Labute approximate surface area is 150 Å². The quantitative estimate of drug-likeness (QED) is 0.536. The van der Waals surface area contributed by atoms with Gasteiger partial charge in [-0.3, -0.25) is 4.98 Å². The van der Waals surface area contributed by atoms with Crippen LogP contribution in [-0.2, 0) is 6.42 Å². The third-order valence-electron chi connectivity index (χ3n) is 4.23. The summed E-state index contributed by atoms with van der Waals surface area (Å²) < 4.78 is 0. The SMILES string of the molecule is CN(CCc1ccccn1)c1ncnc2scc(-c3ccccc3)c12. The van der Waals surface area contributed by atoms with Gasteiger partial charge in [-0.1, -0.05) is 36.4 Å². The lowest BCUT2D eigenvalue weighted by molar-refractivity contribution is 0.841. The molecule has 0 radical (unpaired) electrons. The number of pyridine rings is 1. The lowest BCUT2D eigenvalue weighted by Crippen LogP contribution is -2.22. The van der Waals surface area contributed by atoms with Crippen molar-refractivity contribution >= 4 is 27.4 Å². The largest absolute Gasteiger partial charge is 0.359 e. The van der Waals surface area contributed by atoms with Crippen molar-refractivity contribution in [3.05, 3.63) is 72.1 Å². The summed E-state index contributed by atoms with van der Waals surface area (Å²) >= 11 is 1.66. The Morgan fingerprint density at radius 1 is 0.960 bits per heavy atom. The Morgan fingerprint density at radius 3 is 2.60 bits per heavy atom. The van der Waals surface area contributed by atoms with Crippen LogP contribution < -0.4 is 4.90 Å². The van der Waals surface area contributed by atoms with Gasteiger partial charge in [0.2, 0.25) is 0 Å². The molecule has 0 atom stereocenters. The van der Waals surface area contributed by atoms with Crippen LogP contribution in [0.5, 0.6) is 0 Å². The maximum Gasteiger partial charge on any atom is 0.141 e. The first-order chi connectivity index (χ1) is 12.3. The van der Waals surface area contributed by atoms with Crippen LogP contribution in [0.2, 0.25) is 0 Å². The molecule has 0 fully saturated rings. The van der Waals surface area contributed by atoms with Crippen LogP contribution >= 0.6 is 11.3 Å². The highest BCUT2D eigenvalue weighted by Gasteiger charge is 2.15. The lowest BCUT2D eigenvalue weighted by Gasteiger charge is -2.19. The molecule has 4 aromatic rings. The zero-order valence-electron chi connectivity index (χ0n) is 14.0. The Bertz CT molecular complexity index is 967. The van der Waals surface area contributed by atoms with E-state index in [0.717, 1.165) is 34.7 Å². The minimum atomic E-state index is 0.854. The Hall–Kier alpha value is -2.79. The molecule has 4 rings (SSSR count). The Kier molecular flexibility index (Phi) is 4.39. The maximum absolute atomic E-state index is 4.58. The second-order valence-corrected chi connectivity index (χ2v) is 6.74. The van der Waals surface area contributed by atoms with Crippen LogP contribution in [-0.4, -0.2) is 28.5 Å². The second kappa shape index (κ2) is 6.99. The third-order valence-corrected chi connectivity index (χ3v) is 5.11. The standard InChI is InChI=1S/C20H18N4S/c1-24(12-10-16-9-5-6-11-21-16)19-18-17(15-7-3-2-4-8-15)13-25-20(18)23-14-22-19/h2-9,11,13-14H,10,12H2,1H3. The minimum absolute atomic E-state index is 0.854. The normalized spacial score (nSPS) is 10.9. The molecule has 1 aromatic carbocycles. The van der Waals surface area contributed by atoms with Gasteiger partial charge in [-0.05, 0) is 17.7 Å². The van der Waals surface area contributed by atoms with Gasteiger partial charge in [0.25, 0.3) is 0 Å². The molecule has 0 spiro atoms. The molecule has 25 heavy (non-hydrogen) atoms. The molecule has 0 unspecified atom stereocenters. The van der Waals surface area contributed by atoms with Crippen molar-refractivity contribution in [2.75, 3.05) is 18.5 Å². The molecule has 3 aromatic heterocycles. The third kappa shape index (κ3) is 3.23. The van der Waals surface area contributed by atoms with Gasteiger partial charge in [-0.2, -0.15) is 0 Å². The average Bonchev–Trinajstić information content (AvgIpc) is 3.12. The van der Waals surface area contributed by atoms with Crippen molar-refractivity contribution in [1.29, 1.82) is 0 Å². The van der Waals surface area contributed by atoms with E-state index in [9.17, 15) is 0 Å². The van der Waals surface area contributed by atoms with Gasteiger partial charge in [0.05, 0.1) is 5.39 Å². The summed E-state index contributed by atoms with van der Waals surface area (Å²) in [4.78, 5) is 16.7. The summed E-state index contributed by atoms with van der Waals surface area (Å²) in [5, 5.41) is 3.30. The van der Waals surface area contributed by atoms with E-state index in [1.165, 1.54) is 11.1 Å². The van der Waals surface area contributed by atoms with Gasteiger partial charge in [-0.25, -0.2) is 9.97 Å². The molecular weight excluding hydrogens is 328 g/mol. The highest BCUT2D eigenvalue weighted by molar-refractivity contribution is 7.17. The molecule has 0 N–H and O–H groups in total. The zero-order valence-corrected chi connectivity index (χ0v) is 14.8. The average molecular weight is 346 g/mol. The molecule has 5 heteroatoms. The van der Waals surface area contributed by atoms with Gasteiger partial charge in [0.15, 0.2) is 0 Å². The highest BCUT2D eigenvalue weighted by atomic mass is 32.1. The topological polar surface area (TPSA) is 41.9 Å². The number of aromatic nitrogens is 3. The fourth-order valence-corrected chi connectivity index (χ4v) is 3.82. The first kappa shape index (κ1) is 15.7. The van der Waals surface area contributed by atoms with Crippen molar-refractivity contribution in [1.82, 2.24) is 15.0 Å². The number of nitrogens with zero attached hydrogens (tertiary/aromatic N) is 4. The van der Waals surface area contributed by atoms with Crippen molar-refractivity contribution in [3.8, 4) is 11.1 Å². The zero-order chi connectivity index (χ0) is 17.1. The lowest BCUT2D eigenvalue weighted by atomic mass is 10.1. The predicted octanol–water partition coefficient (Wildman–Crippen LogP) is 4.43. The van der Waals surface area contributed by atoms with Crippen molar-refractivity contribution in [2.24, 2.45) is 0 Å². The molecule has 0 amide bonds. The fourth-order valence-electron chi connectivity index (χ4n) is 2.91. The van der Waals surface area contributed by atoms with E-state index in [4.69, 9.17) is 0 Å². The van der Waals surface area contributed by atoms with Gasteiger partial charge in [0, 0.05) is 42.8 Å². The Morgan fingerprint density at radius 2 is 1.80 bits per heavy atom. The predicted molar refractivity (Wildman–Crippen MR) is 104 cm³/mol. The van der Waals surface area contributed by atoms with Crippen molar-refractivity contribution in [3.63, 3.8) is 0 Å². The van der Waals surface area contributed by atoms with Crippen LogP contribution in [0.3, 0.4) is 0 Å². The fraction of sp³-hybridized carbons (Fsp3) is 0.150. The van der Waals surface area contributed by atoms with Crippen molar-refractivity contribution < 1.29 is 0 Å². The molecule has 0 aliphatic heterocycles. The van der Waals surface area contributed by atoms with Crippen LogP contribution in [0.15, 0.2) is 66.4 Å². The summed E-state index contributed by atoms with van der Waals surface area (Å²) in [5.74, 6) is 0.973. The van der Waals surface area contributed by atoms with E-state index in [-0.39, 0.29) is 0 Å². The second-order valence-electron chi connectivity index (χ2n) is 5.89. The van der Waals surface area contributed by atoms with Gasteiger partial charge >= 0.3 is 0 Å². The molecule has 0 saturated carbocycles. The molecular formula is C20H18N4S. The van der Waals surface area contributed by atoms with E-state index in [1.807, 2.05) is 24.4 Å². The number of thiophene rings is 1. The monoisotopic (exact) mass is 346 g/mol. The molecule has 3 heterocycles. The number of hydrogen-bond donors (Lipinski definition) is 0.